The summed E-state index contributed by atoms with van der Waals surface area (Å²) in [7, 11) is 0. The first-order chi connectivity index (χ1) is 14.7. The number of nitrogens with one attached hydrogen (secondary N) is 3. The minimum Gasteiger partial charge on any atom is -0.378 e. The molecule has 2 saturated heterocycles. The number of aromatic amines is 1. The van der Waals surface area contributed by atoms with Gasteiger partial charge in [-0.3, -0.25) is 9.78 Å². The van der Waals surface area contributed by atoms with E-state index >= 15 is 0 Å². The average Bonchev–Trinajstić information content (AvgIpc) is 3.17. The number of thiazole rings is 1. The fourth-order valence-corrected chi connectivity index (χ4v) is 4.90. The second kappa shape index (κ2) is 8.29. The van der Waals surface area contributed by atoms with Crippen molar-refractivity contribution in [2.45, 2.75) is 18.9 Å². The van der Waals surface area contributed by atoms with Crippen molar-refractivity contribution in [2.24, 2.45) is 0 Å². The van der Waals surface area contributed by atoms with Crippen molar-refractivity contribution in [3.63, 3.8) is 0 Å². The number of H-pyrrole nitrogens is 1. The Bertz CT molecular complexity index is 1100. The molecule has 4 heterocycles. The first-order valence-electron chi connectivity index (χ1n) is 10.2. The summed E-state index contributed by atoms with van der Waals surface area (Å²) in [5.74, 6) is 0.734. The number of hydrogen-bond donors (Lipinski definition) is 3. The number of morpholine rings is 1. The molecule has 5 rings (SSSR count). The lowest BCUT2D eigenvalue weighted by Crippen LogP contribution is -2.40. The monoisotopic (exact) mass is 430 g/mol. The van der Waals surface area contributed by atoms with Gasteiger partial charge in [-0.1, -0.05) is 0 Å². The van der Waals surface area contributed by atoms with Gasteiger partial charge in [-0.05, 0) is 37.6 Å². The number of anilines is 2. The SMILES string of the molecule is O=c1[nH]c(N2CCOCC2)nc(N[C@@H]2CCCNC2)c1-c1nc2ccc(F)cc2s1. The van der Waals surface area contributed by atoms with Crippen LogP contribution in [0, 0.1) is 5.82 Å². The van der Waals surface area contributed by atoms with Crippen LogP contribution in [-0.2, 0) is 4.74 Å². The van der Waals surface area contributed by atoms with Crippen molar-refractivity contribution >= 4 is 33.3 Å². The van der Waals surface area contributed by atoms with E-state index in [4.69, 9.17) is 9.72 Å². The van der Waals surface area contributed by atoms with Crippen LogP contribution in [0.5, 0.6) is 0 Å². The molecule has 0 amide bonds. The molecule has 2 aromatic heterocycles. The molecule has 2 fully saturated rings. The van der Waals surface area contributed by atoms with Gasteiger partial charge in [-0.15, -0.1) is 11.3 Å². The molecule has 10 heteroatoms. The van der Waals surface area contributed by atoms with E-state index in [1.54, 1.807) is 6.07 Å². The Balaban J connectivity index is 1.58. The predicted octanol–water partition coefficient (Wildman–Crippen LogP) is 2.19. The highest BCUT2D eigenvalue weighted by atomic mass is 32.1. The molecule has 0 bridgehead atoms. The van der Waals surface area contributed by atoms with Crippen molar-refractivity contribution < 1.29 is 9.13 Å². The van der Waals surface area contributed by atoms with E-state index in [1.165, 1.54) is 23.5 Å². The standard InChI is InChI=1S/C20H23FN6O2S/c21-12-3-4-14-15(10-12)30-19(24-14)16-17(23-13-2-1-5-22-11-13)25-20(26-18(16)28)27-6-8-29-9-7-27/h3-4,10,13,22H,1-2,5-9,11H2,(H2,23,25,26,28)/t13-/m1/s1. The summed E-state index contributed by atoms with van der Waals surface area (Å²) in [6.07, 6.45) is 2.06. The molecular formula is C20H23FN6O2S. The Morgan fingerprint density at radius 1 is 1.27 bits per heavy atom. The number of ether oxygens (including phenoxy) is 1. The first-order valence-corrected chi connectivity index (χ1v) is 11.0. The lowest BCUT2D eigenvalue weighted by molar-refractivity contribution is 0.122. The molecule has 3 aromatic rings. The number of fused-ring (bicyclic) bond motifs is 1. The Labute approximate surface area is 176 Å². The highest BCUT2D eigenvalue weighted by molar-refractivity contribution is 7.21. The number of benzene rings is 1. The van der Waals surface area contributed by atoms with E-state index in [2.05, 4.69) is 20.6 Å². The molecule has 0 saturated carbocycles. The number of aromatic nitrogens is 3. The van der Waals surface area contributed by atoms with Gasteiger partial charge in [0.15, 0.2) is 0 Å². The Hall–Kier alpha value is -2.56. The molecule has 0 aliphatic carbocycles. The van der Waals surface area contributed by atoms with E-state index in [9.17, 15) is 9.18 Å². The molecule has 0 radical (unpaired) electrons. The highest BCUT2D eigenvalue weighted by Gasteiger charge is 2.23. The Kier molecular flexibility index (Phi) is 5.36. The molecule has 1 atom stereocenters. The van der Waals surface area contributed by atoms with Crippen LogP contribution in [-0.4, -0.2) is 60.4 Å². The fraction of sp³-hybridized carbons (Fsp3) is 0.450. The van der Waals surface area contributed by atoms with Crippen LogP contribution in [0.15, 0.2) is 23.0 Å². The third kappa shape index (κ3) is 3.90. The van der Waals surface area contributed by atoms with Gasteiger partial charge in [0.05, 0.1) is 23.4 Å². The third-order valence-corrected chi connectivity index (χ3v) is 6.46. The van der Waals surface area contributed by atoms with Crippen molar-refractivity contribution in [1.29, 1.82) is 0 Å². The van der Waals surface area contributed by atoms with E-state index in [1.807, 2.05) is 4.90 Å². The summed E-state index contributed by atoms with van der Waals surface area (Å²) in [6, 6.07) is 4.63. The summed E-state index contributed by atoms with van der Waals surface area (Å²) in [4.78, 5) is 27.5. The van der Waals surface area contributed by atoms with Gasteiger partial charge in [-0.25, -0.2) is 9.37 Å². The van der Waals surface area contributed by atoms with E-state index in [-0.39, 0.29) is 17.4 Å². The molecule has 3 N–H and O–H groups in total. The molecular weight excluding hydrogens is 407 g/mol. The molecule has 1 aromatic carbocycles. The maximum Gasteiger partial charge on any atom is 0.264 e. The maximum atomic E-state index is 13.6. The quantitative estimate of drug-likeness (QED) is 0.584. The lowest BCUT2D eigenvalue weighted by atomic mass is 10.1. The van der Waals surface area contributed by atoms with Crippen molar-refractivity contribution in [3.8, 4) is 10.6 Å². The zero-order chi connectivity index (χ0) is 20.5. The van der Waals surface area contributed by atoms with Gasteiger partial charge in [-0.2, -0.15) is 4.98 Å². The molecule has 30 heavy (non-hydrogen) atoms. The second-order valence-electron chi connectivity index (χ2n) is 7.53. The zero-order valence-electron chi connectivity index (χ0n) is 16.4. The van der Waals surface area contributed by atoms with Crippen LogP contribution in [0.1, 0.15) is 12.8 Å². The normalized spacial score (nSPS) is 19.9. The number of rotatable bonds is 4. The average molecular weight is 431 g/mol. The lowest BCUT2D eigenvalue weighted by Gasteiger charge is -2.29. The summed E-state index contributed by atoms with van der Waals surface area (Å²) in [5.41, 5.74) is 0.815. The molecule has 0 spiro atoms. The summed E-state index contributed by atoms with van der Waals surface area (Å²) in [6.45, 7) is 4.36. The van der Waals surface area contributed by atoms with E-state index in [0.29, 0.717) is 58.9 Å². The highest BCUT2D eigenvalue weighted by Crippen LogP contribution is 2.33. The van der Waals surface area contributed by atoms with Crippen molar-refractivity contribution in [3.05, 3.63) is 34.4 Å². The number of piperidine rings is 1. The number of nitrogens with zero attached hydrogens (tertiary/aromatic N) is 3. The van der Waals surface area contributed by atoms with E-state index in [0.717, 1.165) is 25.9 Å². The third-order valence-electron chi connectivity index (χ3n) is 5.42. The molecule has 8 nitrogen and oxygen atoms in total. The second-order valence-corrected chi connectivity index (χ2v) is 8.56. The number of hydrogen-bond acceptors (Lipinski definition) is 8. The van der Waals surface area contributed by atoms with Gasteiger partial charge in [0.2, 0.25) is 5.95 Å². The van der Waals surface area contributed by atoms with Gasteiger partial charge in [0, 0.05) is 25.7 Å². The molecule has 0 unspecified atom stereocenters. The molecule has 2 aliphatic heterocycles. The molecule has 158 valence electrons. The first kappa shape index (κ1) is 19.4. The van der Waals surface area contributed by atoms with Gasteiger partial charge in [0.25, 0.3) is 5.56 Å². The maximum absolute atomic E-state index is 13.6. The minimum absolute atomic E-state index is 0.177. The van der Waals surface area contributed by atoms with Crippen LogP contribution < -0.4 is 21.1 Å². The van der Waals surface area contributed by atoms with Crippen molar-refractivity contribution in [2.75, 3.05) is 49.6 Å². The van der Waals surface area contributed by atoms with Crippen LogP contribution in [0.25, 0.3) is 20.8 Å². The largest absolute Gasteiger partial charge is 0.378 e. The summed E-state index contributed by atoms with van der Waals surface area (Å²) < 4.78 is 19.8. The van der Waals surface area contributed by atoms with E-state index < -0.39 is 0 Å². The van der Waals surface area contributed by atoms with Crippen LogP contribution in [0.2, 0.25) is 0 Å². The van der Waals surface area contributed by atoms with Crippen LogP contribution in [0.3, 0.4) is 0 Å². The zero-order valence-corrected chi connectivity index (χ0v) is 17.2. The minimum atomic E-state index is -0.320. The topological polar surface area (TPSA) is 95.2 Å². The Morgan fingerprint density at radius 3 is 2.93 bits per heavy atom. The van der Waals surface area contributed by atoms with Crippen LogP contribution in [0.4, 0.5) is 16.2 Å². The van der Waals surface area contributed by atoms with Gasteiger partial charge >= 0.3 is 0 Å². The number of halogens is 1. The predicted molar refractivity (Wildman–Crippen MR) is 116 cm³/mol. The van der Waals surface area contributed by atoms with Crippen LogP contribution >= 0.6 is 11.3 Å². The van der Waals surface area contributed by atoms with Crippen molar-refractivity contribution in [1.82, 2.24) is 20.3 Å². The van der Waals surface area contributed by atoms with Gasteiger partial charge < -0.3 is 20.3 Å². The fourth-order valence-electron chi connectivity index (χ4n) is 3.86. The summed E-state index contributed by atoms with van der Waals surface area (Å²) >= 11 is 1.30. The molecule has 2 aliphatic rings. The summed E-state index contributed by atoms with van der Waals surface area (Å²) in [5, 5.41) is 7.37. The smallest absolute Gasteiger partial charge is 0.264 e. The Morgan fingerprint density at radius 2 is 2.13 bits per heavy atom. The van der Waals surface area contributed by atoms with Gasteiger partial charge in [0.1, 0.15) is 22.2 Å².